The molecule has 0 saturated heterocycles. The SMILES string of the molecule is NC(C1CCc2cccnc21)C1C2CC3CC(C2)CC1C3. The number of hydrogen-bond acceptors (Lipinski definition) is 2. The van der Waals surface area contributed by atoms with Gasteiger partial charge < -0.3 is 5.73 Å². The first kappa shape index (κ1) is 12.6. The van der Waals surface area contributed by atoms with Crippen LogP contribution >= 0.6 is 0 Å². The number of nitrogens with two attached hydrogens (primary N) is 1. The number of aromatic nitrogens is 1. The van der Waals surface area contributed by atoms with E-state index in [1.807, 2.05) is 6.20 Å². The molecule has 2 N–H and O–H groups in total. The molecule has 4 saturated carbocycles. The van der Waals surface area contributed by atoms with Gasteiger partial charge in [-0.3, -0.25) is 4.98 Å². The fourth-order valence-corrected chi connectivity index (χ4v) is 6.68. The third-order valence-corrected chi connectivity index (χ3v) is 7.21. The fraction of sp³-hybridized carbons (Fsp3) is 0.737. The van der Waals surface area contributed by atoms with Crippen molar-refractivity contribution < 1.29 is 0 Å². The van der Waals surface area contributed by atoms with E-state index in [2.05, 4.69) is 12.1 Å². The average Bonchev–Trinajstić information content (AvgIpc) is 2.89. The second-order valence-electron chi connectivity index (χ2n) is 8.28. The number of aryl methyl sites for hydroxylation is 1. The molecule has 4 bridgehead atoms. The Kier molecular flexibility index (Phi) is 2.74. The van der Waals surface area contributed by atoms with Crippen LogP contribution in [0, 0.1) is 29.6 Å². The van der Waals surface area contributed by atoms with Gasteiger partial charge in [-0.1, -0.05) is 6.07 Å². The standard InChI is InChI=1S/C19H26N2/c20-18(16-4-3-13-2-1-5-21-19(13)16)17-14-7-11-6-12(9-14)10-15(17)8-11/h1-2,5,11-12,14-18H,3-4,6-10,20H2. The predicted octanol–water partition coefficient (Wildman–Crippen LogP) is 3.51. The fourth-order valence-electron chi connectivity index (χ4n) is 6.68. The van der Waals surface area contributed by atoms with E-state index in [1.54, 1.807) is 0 Å². The maximum absolute atomic E-state index is 6.88. The number of rotatable bonds is 2. The molecule has 0 radical (unpaired) electrons. The molecule has 5 aliphatic rings. The Balaban J connectivity index is 1.43. The number of pyridine rings is 1. The Morgan fingerprint density at radius 2 is 1.76 bits per heavy atom. The third-order valence-electron chi connectivity index (χ3n) is 7.21. The minimum Gasteiger partial charge on any atom is -0.327 e. The van der Waals surface area contributed by atoms with Crippen LogP contribution in [-0.4, -0.2) is 11.0 Å². The van der Waals surface area contributed by atoms with Gasteiger partial charge in [0, 0.05) is 23.9 Å². The number of hydrogen-bond donors (Lipinski definition) is 1. The first-order valence-corrected chi connectivity index (χ1v) is 8.99. The van der Waals surface area contributed by atoms with E-state index in [-0.39, 0.29) is 0 Å². The van der Waals surface area contributed by atoms with Gasteiger partial charge in [0.15, 0.2) is 0 Å². The maximum atomic E-state index is 6.88. The van der Waals surface area contributed by atoms with Gasteiger partial charge in [-0.2, -0.15) is 0 Å². The summed E-state index contributed by atoms with van der Waals surface area (Å²) < 4.78 is 0. The van der Waals surface area contributed by atoms with Crippen molar-refractivity contribution >= 4 is 0 Å². The zero-order valence-electron chi connectivity index (χ0n) is 12.7. The van der Waals surface area contributed by atoms with Gasteiger partial charge in [0.1, 0.15) is 0 Å². The predicted molar refractivity (Wildman–Crippen MR) is 83.8 cm³/mol. The van der Waals surface area contributed by atoms with Crippen molar-refractivity contribution in [3.8, 4) is 0 Å². The highest BCUT2D eigenvalue weighted by Gasteiger charge is 2.51. The molecule has 0 amide bonds. The molecule has 1 heterocycles. The molecule has 1 aromatic heterocycles. The summed E-state index contributed by atoms with van der Waals surface area (Å²) in [4.78, 5) is 4.69. The minimum absolute atomic E-state index is 0.358. The molecule has 2 atom stereocenters. The molecular weight excluding hydrogens is 256 g/mol. The summed E-state index contributed by atoms with van der Waals surface area (Å²) in [5.74, 6) is 5.28. The molecule has 0 aromatic carbocycles. The van der Waals surface area contributed by atoms with Crippen LogP contribution in [0.2, 0.25) is 0 Å². The molecule has 0 spiro atoms. The Bertz CT molecular complexity index is 524. The highest BCUT2D eigenvalue weighted by atomic mass is 14.8. The molecule has 6 rings (SSSR count). The lowest BCUT2D eigenvalue weighted by atomic mass is 9.50. The van der Waals surface area contributed by atoms with Crippen LogP contribution in [0.3, 0.4) is 0 Å². The van der Waals surface area contributed by atoms with Crippen molar-refractivity contribution in [3.63, 3.8) is 0 Å². The molecule has 5 aliphatic carbocycles. The summed E-state index contributed by atoms with van der Waals surface area (Å²) in [5.41, 5.74) is 9.67. The number of nitrogens with zero attached hydrogens (tertiary/aromatic N) is 1. The Morgan fingerprint density at radius 1 is 1.05 bits per heavy atom. The monoisotopic (exact) mass is 282 g/mol. The second-order valence-corrected chi connectivity index (χ2v) is 8.28. The van der Waals surface area contributed by atoms with Crippen LogP contribution in [-0.2, 0) is 6.42 Å². The van der Waals surface area contributed by atoms with E-state index in [1.165, 1.54) is 56.2 Å². The van der Waals surface area contributed by atoms with E-state index in [0.29, 0.717) is 12.0 Å². The van der Waals surface area contributed by atoms with Crippen LogP contribution < -0.4 is 5.73 Å². The molecule has 0 aliphatic heterocycles. The van der Waals surface area contributed by atoms with Crippen molar-refractivity contribution in [3.05, 3.63) is 29.6 Å². The van der Waals surface area contributed by atoms with Crippen molar-refractivity contribution in [1.82, 2.24) is 4.98 Å². The Labute approximate surface area is 127 Å². The normalized spacial score (nSPS) is 44.8. The quantitative estimate of drug-likeness (QED) is 0.901. The van der Waals surface area contributed by atoms with Crippen LogP contribution in [0.25, 0.3) is 0 Å². The van der Waals surface area contributed by atoms with Crippen molar-refractivity contribution in [1.29, 1.82) is 0 Å². The van der Waals surface area contributed by atoms with Gasteiger partial charge in [0.05, 0.1) is 0 Å². The summed E-state index contributed by atoms with van der Waals surface area (Å²) in [7, 11) is 0. The Morgan fingerprint density at radius 3 is 2.48 bits per heavy atom. The first-order chi connectivity index (χ1) is 10.3. The van der Waals surface area contributed by atoms with E-state index in [4.69, 9.17) is 10.7 Å². The van der Waals surface area contributed by atoms with Crippen molar-refractivity contribution in [2.45, 2.75) is 56.9 Å². The minimum atomic E-state index is 0.358. The summed E-state index contributed by atoms with van der Waals surface area (Å²) in [5, 5.41) is 0. The first-order valence-electron chi connectivity index (χ1n) is 8.99. The zero-order valence-corrected chi connectivity index (χ0v) is 12.7. The van der Waals surface area contributed by atoms with Crippen LogP contribution in [0.4, 0.5) is 0 Å². The summed E-state index contributed by atoms with van der Waals surface area (Å²) in [6, 6.07) is 4.69. The average molecular weight is 282 g/mol. The highest BCUT2D eigenvalue weighted by Crippen LogP contribution is 2.58. The Hall–Kier alpha value is -0.890. The lowest BCUT2D eigenvalue weighted by Crippen LogP contribution is -2.53. The third kappa shape index (κ3) is 1.84. The molecule has 1 aromatic rings. The van der Waals surface area contributed by atoms with Crippen LogP contribution in [0.1, 0.15) is 55.7 Å². The van der Waals surface area contributed by atoms with Crippen molar-refractivity contribution in [2.24, 2.45) is 35.3 Å². The molecule has 2 heteroatoms. The van der Waals surface area contributed by atoms with Gasteiger partial charge in [0.25, 0.3) is 0 Å². The van der Waals surface area contributed by atoms with Crippen LogP contribution in [0.5, 0.6) is 0 Å². The molecule has 21 heavy (non-hydrogen) atoms. The van der Waals surface area contributed by atoms with Crippen molar-refractivity contribution in [2.75, 3.05) is 0 Å². The smallest absolute Gasteiger partial charge is 0.0482 e. The number of fused-ring (bicyclic) bond motifs is 1. The molecule has 4 fully saturated rings. The van der Waals surface area contributed by atoms with Gasteiger partial charge >= 0.3 is 0 Å². The summed E-state index contributed by atoms with van der Waals surface area (Å²) in [6.07, 6.45) is 11.8. The molecule has 2 unspecified atom stereocenters. The lowest BCUT2D eigenvalue weighted by molar-refractivity contribution is -0.0500. The van der Waals surface area contributed by atoms with E-state index >= 15 is 0 Å². The van der Waals surface area contributed by atoms with Crippen LogP contribution in [0.15, 0.2) is 18.3 Å². The van der Waals surface area contributed by atoms with E-state index in [9.17, 15) is 0 Å². The van der Waals surface area contributed by atoms with Gasteiger partial charge in [-0.15, -0.1) is 0 Å². The van der Waals surface area contributed by atoms with Gasteiger partial charge in [0.2, 0.25) is 0 Å². The highest BCUT2D eigenvalue weighted by molar-refractivity contribution is 5.30. The molecule has 2 nitrogen and oxygen atoms in total. The van der Waals surface area contributed by atoms with E-state index < -0.39 is 0 Å². The van der Waals surface area contributed by atoms with Gasteiger partial charge in [-0.05, 0) is 86.2 Å². The summed E-state index contributed by atoms with van der Waals surface area (Å²) >= 11 is 0. The van der Waals surface area contributed by atoms with Gasteiger partial charge in [-0.25, -0.2) is 0 Å². The maximum Gasteiger partial charge on any atom is 0.0482 e. The summed E-state index contributed by atoms with van der Waals surface area (Å²) in [6.45, 7) is 0. The lowest BCUT2D eigenvalue weighted by Gasteiger charge is -2.56. The zero-order chi connectivity index (χ0) is 14.0. The molecular formula is C19H26N2. The van der Waals surface area contributed by atoms with E-state index in [0.717, 1.165) is 29.6 Å². The topological polar surface area (TPSA) is 38.9 Å². The largest absolute Gasteiger partial charge is 0.327 e. The second kappa shape index (κ2) is 4.55. The molecule has 112 valence electrons.